The highest BCUT2D eigenvalue weighted by atomic mass is 35.5. The molecule has 0 radical (unpaired) electrons. The van der Waals surface area contributed by atoms with E-state index in [1.807, 2.05) is 0 Å². The van der Waals surface area contributed by atoms with E-state index in [1.54, 1.807) is 0 Å². The third-order valence-corrected chi connectivity index (χ3v) is 10.4. The van der Waals surface area contributed by atoms with Crippen LogP contribution < -0.4 is 22.1 Å². The van der Waals surface area contributed by atoms with Gasteiger partial charge in [0.1, 0.15) is 0 Å². The lowest BCUT2D eigenvalue weighted by Gasteiger charge is -2.47. The Morgan fingerprint density at radius 1 is 1.12 bits per heavy atom. The molecule has 0 spiro atoms. The Bertz CT molecular complexity index is 795. The van der Waals surface area contributed by atoms with Crippen molar-refractivity contribution in [3.8, 4) is 0 Å². The predicted octanol–water partition coefficient (Wildman–Crippen LogP) is 2.65. The van der Waals surface area contributed by atoms with Gasteiger partial charge in [-0.2, -0.15) is 0 Å². The number of amides is 1. The Labute approximate surface area is 247 Å². The van der Waals surface area contributed by atoms with Crippen molar-refractivity contribution < 1.29 is 14.3 Å². The molecule has 6 N–H and O–H groups in total. The monoisotopic (exact) mass is 584 g/mol. The summed E-state index contributed by atoms with van der Waals surface area (Å²) < 4.78 is 5.00. The largest absolute Gasteiger partial charge is 0.469 e. The van der Waals surface area contributed by atoms with Crippen LogP contribution in [0, 0.1) is 17.3 Å². The highest BCUT2D eigenvalue weighted by Gasteiger charge is 2.42. The SMILES string of the molecule is CCCCCN1CCC(N2CCC(C(=O)OC)CC2)C(NC(=O)C(C(N)N)C2C[C@](C)(CC)CCC(Cl)CN2)C1. The van der Waals surface area contributed by atoms with Crippen LogP contribution in [-0.4, -0.2) is 97.7 Å². The summed E-state index contributed by atoms with van der Waals surface area (Å²) in [7, 11) is 1.47. The normalized spacial score (nSPS) is 32.3. The minimum atomic E-state index is -0.773. The molecule has 3 fully saturated rings. The number of nitrogens with one attached hydrogen (secondary N) is 2. The Morgan fingerprint density at radius 2 is 1.85 bits per heavy atom. The number of hydrogen-bond acceptors (Lipinski definition) is 8. The Balaban J connectivity index is 1.76. The Hall–Kier alpha value is -0.970. The summed E-state index contributed by atoms with van der Waals surface area (Å²) in [6, 6.07) is 0.0636. The first-order chi connectivity index (χ1) is 19.1. The van der Waals surface area contributed by atoms with Crippen molar-refractivity contribution in [1.29, 1.82) is 0 Å². The first kappa shape index (κ1) is 33.5. The molecule has 0 aromatic rings. The molecule has 3 aliphatic heterocycles. The lowest BCUT2D eigenvalue weighted by molar-refractivity contribution is -0.147. The topological polar surface area (TPSA) is 126 Å². The van der Waals surface area contributed by atoms with E-state index in [0.29, 0.717) is 6.54 Å². The number of ether oxygens (including phenoxy) is 1. The zero-order chi connectivity index (χ0) is 29.3. The van der Waals surface area contributed by atoms with Crippen LogP contribution in [0.5, 0.6) is 0 Å². The second-order valence-electron chi connectivity index (χ2n) is 12.9. The van der Waals surface area contributed by atoms with Crippen molar-refractivity contribution in [3.63, 3.8) is 0 Å². The van der Waals surface area contributed by atoms with Crippen molar-refractivity contribution in [2.45, 2.75) is 115 Å². The average molecular weight is 585 g/mol. The second kappa shape index (κ2) is 16.0. The van der Waals surface area contributed by atoms with E-state index in [-0.39, 0.29) is 46.7 Å². The molecule has 40 heavy (non-hydrogen) atoms. The van der Waals surface area contributed by atoms with Gasteiger partial charge in [-0.25, -0.2) is 0 Å². The van der Waals surface area contributed by atoms with Crippen molar-refractivity contribution in [3.05, 3.63) is 0 Å². The van der Waals surface area contributed by atoms with E-state index in [9.17, 15) is 9.59 Å². The number of nitrogens with two attached hydrogens (primary N) is 2. The van der Waals surface area contributed by atoms with Gasteiger partial charge in [0, 0.05) is 30.6 Å². The van der Waals surface area contributed by atoms with E-state index in [4.69, 9.17) is 27.8 Å². The fourth-order valence-electron chi connectivity index (χ4n) is 7.08. The number of nitrogens with zero attached hydrogens (tertiary/aromatic N) is 2. The Morgan fingerprint density at radius 3 is 2.48 bits per heavy atom. The molecular formula is C30H57ClN6O3. The van der Waals surface area contributed by atoms with Crippen molar-refractivity contribution in [1.82, 2.24) is 20.4 Å². The molecule has 5 unspecified atom stereocenters. The molecule has 0 saturated carbocycles. The molecule has 3 saturated heterocycles. The molecule has 3 heterocycles. The van der Waals surface area contributed by atoms with Gasteiger partial charge in [0.2, 0.25) is 5.91 Å². The minimum Gasteiger partial charge on any atom is -0.469 e. The molecule has 0 aromatic carbocycles. The first-order valence-corrected chi connectivity index (χ1v) is 16.3. The number of hydrogen-bond donors (Lipinski definition) is 4. The fraction of sp³-hybridized carbons (Fsp3) is 0.933. The fourth-order valence-corrected chi connectivity index (χ4v) is 7.28. The molecule has 6 atom stereocenters. The maximum atomic E-state index is 14.1. The summed E-state index contributed by atoms with van der Waals surface area (Å²) >= 11 is 6.61. The zero-order valence-electron chi connectivity index (χ0n) is 25.5. The van der Waals surface area contributed by atoms with Gasteiger partial charge in [-0.15, -0.1) is 11.6 Å². The highest BCUT2D eigenvalue weighted by molar-refractivity contribution is 6.20. The lowest BCUT2D eigenvalue weighted by Crippen LogP contribution is -2.65. The number of carbonyl (C=O) groups excluding carboxylic acids is 2. The molecular weight excluding hydrogens is 528 g/mol. The lowest BCUT2D eigenvalue weighted by atomic mass is 9.73. The number of halogens is 1. The van der Waals surface area contributed by atoms with Crippen LogP contribution in [0.2, 0.25) is 0 Å². The number of unbranched alkanes of at least 4 members (excludes halogenated alkanes) is 2. The van der Waals surface area contributed by atoms with Gasteiger partial charge in [-0.1, -0.05) is 40.0 Å². The summed E-state index contributed by atoms with van der Waals surface area (Å²) in [5.74, 6) is -0.756. The van der Waals surface area contributed by atoms with Crippen molar-refractivity contribution in [2.24, 2.45) is 28.7 Å². The zero-order valence-corrected chi connectivity index (χ0v) is 26.3. The summed E-state index contributed by atoms with van der Waals surface area (Å²) in [5, 5.41) is 7.06. The predicted molar refractivity (Wildman–Crippen MR) is 162 cm³/mol. The number of rotatable bonds is 11. The van der Waals surface area contributed by atoms with Gasteiger partial charge in [-0.3, -0.25) is 14.5 Å². The van der Waals surface area contributed by atoms with Crippen LogP contribution in [-0.2, 0) is 14.3 Å². The second-order valence-corrected chi connectivity index (χ2v) is 13.6. The third kappa shape index (κ3) is 9.27. The number of methoxy groups -OCH3 is 1. The number of likely N-dealkylation sites (tertiary alicyclic amines) is 2. The molecule has 1 amide bonds. The van der Waals surface area contributed by atoms with Gasteiger partial charge in [0.05, 0.1) is 31.2 Å². The van der Waals surface area contributed by atoms with E-state index < -0.39 is 12.1 Å². The molecule has 0 aliphatic carbocycles. The summed E-state index contributed by atoms with van der Waals surface area (Å²) in [6.07, 6.45) is 9.23. The molecule has 3 rings (SSSR count). The van der Waals surface area contributed by atoms with Gasteiger partial charge in [0.15, 0.2) is 0 Å². The van der Waals surface area contributed by atoms with E-state index in [1.165, 1.54) is 26.4 Å². The maximum Gasteiger partial charge on any atom is 0.308 e. The van der Waals surface area contributed by atoms with Gasteiger partial charge in [-0.05, 0) is 76.5 Å². The number of carbonyl (C=O) groups is 2. The van der Waals surface area contributed by atoms with Crippen LogP contribution >= 0.6 is 11.6 Å². The molecule has 0 bridgehead atoms. The number of alkyl halides is 1. The van der Waals surface area contributed by atoms with Crippen molar-refractivity contribution in [2.75, 3.05) is 46.4 Å². The van der Waals surface area contributed by atoms with Crippen LogP contribution in [0.25, 0.3) is 0 Å². The smallest absolute Gasteiger partial charge is 0.308 e. The molecule has 3 aliphatic rings. The van der Waals surface area contributed by atoms with Gasteiger partial charge >= 0.3 is 5.97 Å². The standard InChI is InChI=1S/C30H57ClN6O3/c1-5-7-8-14-36-15-12-25(37-16-10-21(11-17-37)29(39)40-4)24(20-36)35-28(38)26(27(32)33)23-18-30(3,6-2)13-9-22(31)19-34-23/h21-27,34H,5-20,32-33H2,1-4H3,(H,35,38)/t22?,23?,24?,25?,26?,30-/m1/s1. The van der Waals surface area contributed by atoms with Crippen LogP contribution in [0.15, 0.2) is 0 Å². The minimum absolute atomic E-state index is 0.0225. The maximum absolute atomic E-state index is 14.1. The molecule has 232 valence electrons. The molecule has 0 aromatic heterocycles. The molecule has 10 heteroatoms. The van der Waals surface area contributed by atoms with Gasteiger partial charge in [0.25, 0.3) is 0 Å². The van der Waals surface area contributed by atoms with Crippen LogP contribution in [0.1, 0.15) is 85.0 Å². The van der Waals surface area contributed by atoms with Crippen LogP contribution in [0.3, 0.4) is 0 Å². The summed E-state index contributed by atoms with van der Waals surface area (Å²) in [4.78, 5) is 31.1. The Kier molecular flexibility index (Phi) is 13.4. The van der Waals surface area contributed by atoms with Crippen molar-refractivity contribution >= 4 is 23.5 Å². The quantitative estimate of drug-likeness (QED) is 0.126. The summed E-state index contributed by atoms with van der Waals surface area (Å²) in [5.41, 5.74) is 12.8. The molecule has 9 nitrogen and oxygen atoms in total. The number of esters is 1. The van der Waals surface area contributed by atoms with E-state index in [2.05, 4.69) is 41.2 Å². The highest BCUT2D eigenvalue weighted by Crippen LogP contribution is 2.37. The van der Waals surface area contributed by atoms with E-state index >= 15 is 0 Å². The average Bonchev–Trinajstić information content (AvgIpc) is 2.94. The first-order valence-electron chi connectivity index (χ1n) is 15.8. The van der Waals surface area contributed by atoms with Crippen LogP contribution in [0.4, 0.5) is 0 Å². The third-order valence-electron chi connectivity index (χ3n) is 9.98. The van der Waals surface area contributed by atoms with E-state index in [0.717, 1.165) is 77.7 Å². The number of piperidine rings is 2. The van der Waals surface area contributed by atoms with Gasteiger partial charge < -0.3 is 31.7 Å². The summed E-state index contributed by atoms with van der Waals surface area (Å²) in [6.45, 7) is 11.9.